The van der Waals surface area contributed by atoms with Gasteiger partial charge in [-0.1, -0.05) is 5.16 Å². The third kappa shape index (κ3) is 2.03. The second kappa shape index (κ2) is 3.57. The first-order chi connectivity index (χ1) is 6.99. The Morgan fingerprint density at radius 2 is 2.27 bits per heavy atom. The summed E-state index contributed by atoms with van der Waals surface area (Å²) in [5.74, 6) is -0.752. The Kier molecular flexibility index (Phi) is 2.52. The Morgan fingerprint density at radius 1 is 1.53 bits per heavy atom. The first-order valence-electron chi connectivity index (χ1n) is 5.01. The van der Waals surface area contributed by atoms with Crippen molar-refractivity contribution in [1.82, 2.24) is 0 Å². The van der Waals surface area contributed by atoms with Crippen molar-refractivity contribution in [2.24, 2.45) is 11.1 Å². The van der Waals surface area contributed by atoms with Crippen LogP contribution in [0, 0.1) is 5.92 Å². The summed E-state index contributed by atoms with van der Waals surface area (Å²) in [6.07, 6.45) is 0.953. The fourth-order valence-corrected chi connectivity index (χ4v) is 1.86. The van der Waals surface area contributed by atoms with E-state index in [9.17, 15) is 4.79 Å². The van der Waals surface area contributed by atoms with Gasteiger partial charge in [-0.2, -0.15) is 0 Å². The SMILES string of the molecule is CC(=O)[C@@H]1ON=C[C@H]1[C@H]1COC(C)(C)O1. The molecule has 0 aliphatic carbocycles. The summed E-state index contributed by atoms with van der Waals surface area (Å²) in [7, 11) is 0. The van der Waals surface area contributed by atoms with Crippen LogP contribution in [0.5, 0.6) is 0 Å². The predicted octanol–water partition coefficient (Wildman–Crippen LogP) is 0.728. The number of Topliss-reactive ketones (excluding diaryl/α,β-unsaturated/α-hetero) is 1. The lowest BCUT2D eigenvalue weighted by Crippen LogP contribution is -2.37. The van der Waals surface area contributed by atoms with Crippen LogP contribution in [0.3, 0.4) is 0 Å². The summed E-state index contributed by atoms with van der Waals surface area (Å²) in [6, 6.07) is 0. The van der Waals surface area contributed by atoms with Gasteiger partial charge in [0.2, 0.25) is 0 Å². The number of hydrogen-bond donors (Lipinski definition) is 0. The summed E-state index contributed by atoms with van der Waals surface area (Å²) in [5.41, 5.74) is 0. The van der Waals surface area contributed by atoms with Crippen LogP contribution < -0.4 is 0 Å². The lowest BCUT2D eigenvalue weighted by molar-refractivity contribution is -0.149. The Hall–Kier alpha value is -0.940. The van der Waals surface area contributed by atoms with E-state index in [1.165, 1.54) is 6.92 Å². The molecular formula is C10H15NO4. The van der Waals surface area contributed by atoms with E-state index in [-0.39, 0.29) is 17.8 Å². The Morgan fingerprint density at radius 3 is 2.80 bits per heavy atom. The molecule has 2 aliphatic rings. The van der Waals surface area contributed by atoms with Gasteiger partial charge in [0.15, 0.2) is 17.7 Å². The standard InChI is InChI=1S/C10H15NO4/c1-6(12)9-7(4-11-15-9)8-5-13-10(2,3)14-8/h4,7-9H,5H2,1-3H3/t7-,8+,9-/m0/s1. The normalized spacial score (nSPS) is 37.9. The second-order valence-corrected chi connectivity index (χ2v) is 4.34. The van der Waals surface area contributed by atoms with Crippen LogP contribution in [0.1, 0.15) is 20.8 Å². The molecule has 1 fully saturated rings. The van der Waals surface area contributed by atoms with Crippen molar-refractivity contribution in [3.63, 3.8) is 0 Å². The molecule has 0 amide bonds. The number of hydrogen-bond acceptors (Lipinski definition) is 5. The summed E-state index contributed by atoms with van der Waals surface area (Å²) in [4.78, 5) is 16.3. The molecule has 0 radical (unpaired) electrons. The van der Waals surface area contributed by atoms with Crippen LogP contribution in [0.2, 0.25) is 0 Å². The van der Waals surface area contributed by atoms with Crippen molar-refractivity contribution in [1.29, 1.82) is 0 Å². The molecule has 0 aromatic rings. The molecule has 0 aromatic carbocycles. The van der Waals surface area contributed by atoms with Gasteiger partial charge in [0.05, 0.1) is 24.8 Å². The van der Waals surface area contributed by atoms with Gasteiger partial charge in [-0.05, 0) is 20.8 Å². The van der Waals surface area contributed by atoms with Crippen molar-refractivity contribution >= 4 is 12.0 Å². The van der Waals surface area contributed by atoms with E-state index in [4.69, 9.17) is 14.3 Å². The Balaban J connectivity index is 2.05. The van der Waals surface area contributed by atoms with Crippen LogP contribution >= 0.6 is 0 Å². The molecule has 0 aromatic heterocycles. The molecule has 2 rings (SSSR count). The first kappa shape index (κ1) is 10.6. The number of rotatable bonds is 2. The molecule has 0 spiro atoms. The molecule has 3 atom stereocenters. The van der Waals surface area contributed by atoms with Gasteiger partial charge in [-0.25, -0.2) is 0 Å². The third-order valence-corrected chi connectivity index (χ3v) is 2.62. The Labute approximate surface area is 88.4 Å². The molecule has 2 aliphatic heterocycles. The molecule has 0 bridgehead atoms. The van der Waals surface area contributed by atoms with Gasteiger partial charge in [0.1, 0.15) is 0 Å². The highest BCUT2D eigenvalue weighted by molar-refractivity contribution is 5.86. The highest BCUT2D eigenvalue weighted by Crippen LogP contribution is 2.30. The zero-order valence-corrected chi connectivity index (χ0v) is 9.10. The number of nitrogens with zero attached hydrogens (tertiary/aromatic N) is 1. The average Bonchev–Trinajstić information content (AvgIpc) is 2.69. The zero-order chi connectivity index (χ0) is 11.1. The molecule has 0 unspecified atom stereocenters. The maximum Gasteiger partial charge on any atom is 0.195 e. The largest absolute Gasteiger partial charge is 0.384 e. The minimum atomic E-state index is -0.581. The third-order valence-electron chi connectivity index (χ3n) is 2.62. The molecule has 0 saturated carbocycles. The summed E-state index contributed by atoms with van der Waals surface area (Å²) in [6.45, 7) is 5.66. The van der Waals surface area contributed by atoms with Crippen molar-refractivity contribution in [2.45, 2.75) is 38.8 Å². The van der Waals surface area contributed by atoms with E-state index in [2.05, 4.69) is 5.16 Å². The van der Waals surface area contributed by atoms with E-state index >= 15 is 0 Å². The maximum atomic E-state index is 11.3. The van der Waals surface area contributed by atoms with Crippen LogP contribution in [0.4, 0.5) is 0 Å². The first-order valence-corrected chi connectivity index (χ1v) is 5.01. The van der Waals surface area contributed by atoms with Gasteiger partial charge < -0.3 is 14.3 Å². The monoisotopic (exact) mass is 213 g/mol. The van der Waals surface area contributed by atoms with E-state index < -0.39 is 11.9 Å². The van der Waals surface area contributed by atoms with Crippen molar-refractivity contribution in [2.75, 3.05) is 6.61 Å². The number of ketones is 1. The minimum Gasteiger partial charge on any atom is -0.384 e. The second-order valence-electron chi connectivity index (χ2n) is 4.34. The number of carbonyl (C=O) groups is 1. The smallest absolute Gasteiger partial charge is 0.195 e. The van der Waals surface area contributed by atoms with E-state index in [0.717, 1.165) is 0 Å². The van der Waals surface area contributed by atoms with Crippen LogP contribution in [0.15, 0.2) is 5.16 Å². The summed E-state index contributed by atoms with van der Waals surface area (Å²) >= 11 is 0. The fraction of sp³-hybridized carbons (Fsp3) is 0.800. The van der Waals surface area contributed by atoms with Crippen LogP contribution in [-0.4, -0.2) is 36.6 Å². The molecule has 84 valence electrons. The molecule has 0 N–H and O–H groups in total. The molecule has 15 heavy (non-hydrogen) atoms. The average molecular weight is 213 g/mol. The predicted molar refractivity (Wildman–Crippen MR) is 52.4 cm³/mol. The van der Waals surface area contributed by atoms with Gasteiger partial charge in [-0.15, -0.1) is 0 Å². The maximum absolute atomic E-state index is 11.3. The molecular weight excluding hydrogens is 198 g/mol. The summed E-state index contributed by atoms with van der Waals surface area (Å²) < 4.78 is 11.1. The molecule has 5 heteroatoms. The van der Waals surface area contributed by atoms with Crippen molar-refractivity contribution in [3.8, 4) is 0 Å². The van der Waals surface area contributed by atoms with Gasteiger partial charge >= 0.3 is 0 Å². The fourth-order valence-electron chi connectivity index (χ4n) is 1.86. The van der Waals surface area contributed by atoms with E-state index in [1.54, 1.807) is 6.21 Å². The highest BCUT2D eigenvalue weighted by atomic mass is 16.7. The number of ether oxygens (including phenoxy) is 2. The van der Waals surface area contributed by atoms with Gasteiger partial charge in [0, 0.05) is 0 Å². The quantitative estimate of drug-likeness (QED) is 0.678. The topological polar surface area (TPSA) is 57.1 Å². The van der Waals surface area contributed by atoms with E-state index in [0.29, 0.717) is 6.61 Å². The van der Waals surface area contributed by atoms with Crippen LogP contribution in [0.25, 0.3) is 0 Å². The molecule has 1 saturated heterocycles. The Bertz CT molecular complexity index is 300. The van der Waals surface area contributed by atoms with Crippen molar-refractivity contribution in [3.05, 3.63) is 0 Å². The van der Waals surface area contributed by atoms with Crippen LogP contribution in [-0.2, 0) is 19.1 Å². The molecule has 5 nitrogen and oxygen atoms in total. The van der Waals surface area contributed by atoms with E-state index in [1.807, 2.05) is 13.8 Å². The highest BCUT2D eigenvalue weighted by Gasteiger charge is 2.44. The number of carbonyl (C=O) groups excluding carboxylic acids is 1. The lowest BCUT2D eigenvalue weighted by atomic mass is 9.96. The van der Waals surface area contributed by atoms with Gasteiger partial charge in [-0.3, -0.25) is 4.79 Å². The lowest BCUT2D eigenvalue weighted by Gasteiger charge is -2.21. The zero-order valence-electron chi connectivity index (χ0n) is 9.10. The minimum absolute atomic E-state index is 0.0363. The molecule has 2 heterocycles. The van der Waals surface area contributed by atoms with Crippen molar-refractivity contribution < 1.29 is 19.1 Å². The number of oxime groups is 1. The summed E-state index contributed by atoms with van der Waals surface area (Å²) in [5, 5.41) is 3.68. The van der Waals surface area contributed by atoms with Gasteiger partial charge in [0.25, 0.3) is 0 Å².